The highest BCUT2D eigenvalue weighted by molar-refractivity contribution is 6.31. The third-order valence-electron chi connectivity index (χ3n) is 4.92. The van der Waals surface area contributed by atoms with E-state index in [-0.39, 0.29) is 18.9 Å². The Kier molecular flexibility index (Phi) is 6.91. The molecule has 9 heteroatoms. The molecular weight excluding hydrogens is 424 g/mol. The molecule has 0 unspecified atom stereocenters. The van der Waals surface area contributed by atoms with Crippen LogP contribution in [0.5, 0.6) is 0 Å². The molecule has 1 aliphatic rings. The summed E-state index contributed by atoms with van der Waals surface area (Å²) < 4.78 is 9.70. The number of benzene rings is 2. The molecule has 8 nitrogen and oxygen atoms in total. The number of nitrogens with one attached hydrogen (secondary N) is 1. The van der Waals surface area contributed by atoms with Crippen LogP contribution >= 0.6 is 11.6 Å². The number of nitrogens with zero attached hydrogens (tertiary/aromatic N) is 1. The van der Waals surface area contributed by atoms with Crippen LogP contribution in [0.4, 0.5) is 11.4 Å². The van der Waals surface area contributed by atoms with Gasteiger partial charge in [-0.3, -0.25) is 14.4 Å². The van der Waals surface area contributed by atoms with Crippen LogP contribution < -0.4 is 10.2 Å². The van der Waals surface area contributed by atoms with Gasteiger partial charge >= 0.3 is 11.9 Å². The number of hydrogen-bond acceptors (Lipinski definition) is 6. The van der Waals surface area contributed by atoms with Gasteiger partial charge in [0.25, 0.3) is 5.91 Å². The summed E-state index contributed by atoms with van der Waals surface area (Å²) in [7, 11) is 1.28. The van der Waals surface area contributed by atoms with Gasteiger partial charge in [-0.05, 0) is 48.9 Å². The molecule has 1 N–H and O–H groups in total. The van der Waals surface area contributed by atoms with E-state index in [4.69, 9.17) is 16.3 Å². The topological polar surface area (TPSA) is 102 Å². The van der Waals surface area contributed by atoms with Gasteiger partial charge in [-0.2, -0.15) is 0 Å². The Balaban J connectivity index is 1.52. The second kappa shape index (κ2) is 9.61. The predicted octanol–water partition coefficient (Wildman–Crippen LogP) is 2.97. The molecule has 1 fully saturated rings. The summed E-state index contributed by atoms with van der Waals surface area (Å²) in [4.78, 5) is 49.8. The number of carbonyl (C=O) groups excluding carboxylic acids is 4. The molecule has 1 atom stereocenters. The van der Waals surface area contributed by atoms with E-state index >= 15 is 0 Å². The fourth-order valence-electron chi connectivity index (χ4n) is 3.25. The molecule has 2 aromatic rings. The zero-order valence-electron chi connectivity index (χ0n) is 17.0. The zero-order chi connectivity index (χ0) is 22.5. The van der Waals surface area contributed by atoms with Gasteiger partial charge in [0, 0.05) is 29.4 Å². The van der Waals surface area contributed by atoms with Crippen molar-refractivity contribution in [3.8, 4) is 0 Å². The van der Waals surface area contributed by atoms with E-state index in [1.54, 1.807) is 25.1 Å². The molecule has 0 saturated carbocycles. The highest BCUT2D eigenvalue weighted by Crippen LogP contribution is 2.31. The first-order valence-electron chi connectivity index (χ1n) is 9.50. The van der Waals surface area contributed by atoms with Crippen molar-refractivity contribution in [2.24, 2.45) is 5.92 Å². The summed E-state index contributed by atoms with van der Waals surface area (Å²) in [6.45, 7) is 1.48. The van der Waals surface area contributed by atoms with Crippen LogP contribution in [0.2, 0.25) is 5.02 Å². The second-order valence-electron chi connectivity index (χ2n) is 7.01. The normalized spacial score (nSPS) is 15.5. The average molecular weight is 445 g/mol. The standard InChI is InChI=1S/C22H21ClN2O6/c1-13-17(23)4-3-5-18(13)25-11-15(10-20(25)27)22(29)31-12-19(26)24-16-8-6-14(7-9-16)21(28)30-2/h3-9,15H,10-12H2,1-2H3,(H,24,26)/t15-/m0/s1. The molecule has 31 heavy (non-hydrogen) atoms. The minimum Gasteiger partial charge on any atom is -0.465 e. The maximum Gasteiger partial charge on any atom is 0.337 e. The van der Waals surface area contributed by atoms with Crippen molar-refractivity contribution in [1.29, 1.82) is 0 Å². The van der Waals surface area contributed by atoms with Gasteiger partial charge in [0.2, 0.25) is 5.91 Å². The van der Waals surface area contributed by atoms with E-state index in [9.17, 15) is 19.2 Å². The number of halogens is 1. The van der Waals surface area contributed by atoms with Gasteiger partial charge in [-0.15, -0.1) is 0 Å². The molecule has 162 valence electrons. The Morgan fingerprint density at radius 1 is 1.16 bits per heavy atom. The van der Waals surface area contributed by atoms with Crippen molar-refractivity contribution in [1.82, 2.24) is 0 Å². The predicted molar refractivity (Wildman–Crippen MR) is 114 cm³/mol. The van der Waals surface area contributed by atoms with Gasteiger partial charge in [-0.1, -0.05) is 17.7 Å². The SMILES string of the molecule is COC(=O)c1ccc(NC(=O)COC(=O)[C@H]2CC(=O)N(c3cccc(Cl)c3C)C2)cc1. The summed E-state index contributed by atoms with van der Waals surface area (Å²) in [6, 6.07) is 11.3. The fraction of sp³-hybridized carbons (Fsp3) is 0.273. The molecule has 0 aromatic heterocycles. The van der Waals surface area contributed by atoms with Crippen LogP contribution in [0.25, 0.3) is 0 Å². The third-order valence-corrected chi connectivity index (χ3v) is 5.33. The lowest BCUT2D eigenvalue weighted by molar-refractivity contribution is -0.151. The number of ether oxygens (including phenoxy) is 2. The van der Waals surface area contributed by atoms with Crippen molar-refractivity contribution < 1.29 is 28.7 Å². The van der Waals surface area contributed by atoms with Crippen molar-refractivity contribution in [2.45, 2.75) is 13.3 Å². The molecule has 0 spiro atoms. The first kappa shape index (κ1) is 22.3. The second-order valence-corrected chi connectivity index (χ2v) is 7.42. The number of rotatable bonds is 6. The Morgan fingerprint density at radius 3 is 2.55 bits per heavy atom. The van der Waals surface area contributed by atoms with Crippen LogP contribution in [-0.2, 0) is 23.9 Å². The fourth-order valence-corrected chi connectivity index (χ4v) is 3.42. The maximum absolute atomic E-state index is 12.4. The number of esters is 2. The Morgan fingerprint density at radius 2 is 1.87 bits per heavy atom. The highest BCUT2D eigenvalue weighted by atomic mass is 35.5. The van der Waals surface area contributed by atoms with E-state index in [1.165, 1.54) is 36.3 Å². The van der Waals surface area contributed by atoms with Crippen molar-refractivity contribution in [3.63, 3.8) is 0 Å². The lowest BCUT2D eigenvalue weighted by atomic mass is 10.1. The number of anilines is 2. The quantitative estimate of drug-likeness (QED) is 0.687. The molecule has 1 saturated heterocycles. The molecule has 0 aliphatic carbocycles. The molecule has 1 heterocycles. The number of methoxy groups -OCH3 is 1. The van der Waals surface area contributed by atoms with Crippen LogP contribution in [0.15, 0.2) is 42.5 Å². The summed E-state index contributed by atoms with van der Waals surface area (Å²) >= 11 is 6.12. The summed E-state index contributed by atoms with van der Waals surface area (Å²) in [5.74, 6) is -2.52. The van der Waals surface area contributed by atoms with Crippen LogP contribution in [0, 0.1) is 12.8 Å². The lowest BCUT2D eigenvalue weighted by Crippen LogP contribution is -2.28. The highest BCUT2D eigenvalue weighted by Gasteiger charge is 2.37. The van der Waals surface area contributed by atoms with Crippen LogP contribution in [-0.4, -0.2) is 44.0 Å². The Bertz CT molecular complexity index is 1020. The van der Waals surface area contributed by atoms with Gasteiger partial charge in [0.1, 0.15) is 0 Å². The van der Waals surface area contributed by atoms with Gasteiger partial charge in [0.05, 0.1) is 18.6 Å². The van der Waals surface area contributed by atoms with Gasteiger partial charge in [-0.25, -0.2) is 4.79 Å². The van der Waals surface area contributed by atoms with Gasteiger partial charge < -0.3 is 19.7 Å². The van der Waals surface area contributed by atoms with Crippen molar-refractivity contribution in [3.05, 3.63) is 58.6 Å². The minimum absolute atomic E-state index is 0.00138. The first-order chi connectivity index (χ1) is 14.8. The Hall–Kier alpha value is -3.39. The average Bonchev–Trinajstić information content (AvgIpc) is 3.15. The zero-order valence-corrected chi connectivity index (χ0v) is 17.8. The largest absolute Gasteiger partial charge is 0.465 e. The molecule has 2 amide bonds. The minimum atomic E-state index is -0.668. The third kappa shape index (κ3) is 5.21. The van der Waals surface area contributed by atoms with E-state index in [0.29, 0.717) is 22.0 Å². The van der Waals surface area contributed by atoms with Gasteiger partial charge in [0.15, 0.2) is 6.61 Å². The summed E-state index contributed by atoms with van der Waals surface area (Å²) in [5, 5.41) is 3.10. The summed E-state index contributed by atoms with van der Waals surface area (Å²) in [5.41, 5.74) is 2.19. The lowest BCUT2D eigenvalue weighted by Gasteiger charge is -2.19. The monoisotopic (exact) mass is 444 g/mol. The number of amides is 2. The Labute approximate surface area is 184 Å². The van der Waals surface area contributed by atoms with E-state index in [2.05, 4.69) is 10.1 Å². The first-order valence-corrected chi connectivity index (χ1v) is 9.88. The molecular formula is C22H21ClN2O6. The molecule has 1 aliphatic heterocycles. The van der Waals surface area contributed by atoms with Crippen LogP contribution in [0.3, 0.4) is 0 Å². The molecule has 0 bridgehead atoms. The number of carbonyl (C=O) groups is 4. The van der Waals surface area contributed by atoms with E-state index in [1.807, 2.05) is 0 Å². The van der Waals surface area contributed by atoms with E-state index < -0.39 is 30.4 Å². The number of hydrogen-bond donors (Lipinski definition) is 1. The molecule has 3 rings (SSSR count). The van der Waals surface area contributed by atoms with E-state index in [0.717, 1.165) is 5.56 Å². The maximum atomic E-state index is 12.4. The molecule has 0 radical (unpaired) electrons. The molecule has 2 aromatic carbocycles. The van der Waals surface area contributed by atoms with Crippen molar-refractivity contribution >= 4 is 46.7 Å². The van der Waals surface area contributed by atoms with Crippen LogP contribution in [0.1, 0.15) is 22.3 Å². The summed E-state index contributed by atoms with van der Waals surface area (Å²) in [6.07, 6.45) is 0.00138. The van der Waals surface area contributed by atoms with Crippen molar-refractivity contribution in [2.75, 3.05) is 30.5 Å². The smallest absolute Gasteiger partial charge is 0.337 e.